The van der Waals surface area contributed by atoms with Crippen LogP contribution in [-0.2, 0) is 24.5 Å². The van der Waals surface area contributed by atoms with Crippen LogP contribution in [-0.4, -0.2) is 0 Å². The van der Waals surface area contributed by atoms with Crippen LogP contribution in [0.25, 0.3) is 0 Å². The van der Waals surface area contributed by atoms with Crippen molar-refractivity contribution in [3.05, 3.63) is 65.0 Å². The van der Waals surface area contributed by atoms with Gasteiger partial charge in [0.15, 0.2) is 0 Å². The Kier molecular flexibility index (Phi) is 2.99. The highest BCUT2D eigenvalue weighted by Crippen LogP contribution is 2.23. The van der Waals surface area contributed by atoms with Crippen LogP contribution in [0.2, 0.25) is 0 Å². The summed E-state index contributed by atoms with van der Waals surface area (Å²) in [6.07, 6.45) is 0. The van der Waals surface area contributed by atoms with Crippen LogP contribution in [0.3, 0.4) is 0 Å². The van der Waals surface area contributed by atoms with Crippen molar-refractivity contribution < 1.29 is 9.13 Å². The lowest BCUT2D eigenvalue weighted by Crippen LogP contribution is -2.00. The van der Waals surface area contributed by atoms with Crippen molar-refractivity contribution in [1.29, 1.82) is 0 Å². The van der Waals surface area contributed by atoms with E-state index >= 15 is 0 Å². The molecule has 2 nitrogen and oxygen atoms in total. The molecule has 1 heterocycles. The molecular formula is C15H14FNO. The summed E-state index contributed by atoms with van der Waals surface area (Å²) in [7, 11) is 0. The minimum atomic E-state index is -0.201. The number of hydrogen-bond acceptors (Lipinski definition) is 2. The average Bonchev–Trinajstić information content (AvgIpc) is 2.85. The van der Waals surface area contributed by atoms with E-state index in [-0.39, 0.29) is 5.82 Å². The Bertz CT molecular complexity index is 551. The van der Waals surface area contributed by atoms with Crippen LogP contribution >= 0.6 is 0 Å². The van der Waals surface area contributed by atoms with Gasteiger partial charge >= 0.3 is 0 Å². The van der Waals surface area contributed by atoms with Gasteiger partial charge in [-0.25, -0.2) is 4.39 Å². The van der Waals surface area contributed by atoms with E-state index in [2.05, 4.69) is 23.5 Å². The Morgan fingerprint density at radius 2 is 1.78 bits per heavy atom. The van der Waals surface area contributed by atoms with Crippen LogP contribution in [0.4, 0.5) is 10.1 Å². The van der Waals surface area contributed by atoms with Crippen molar-refractivity contribution in [2.24, 2.45) is 0 Å². The molecule has 3 rings (SSSR count). The third-order valence-corrected chi connectivity index (χ3v) is 3.13. The molecule has 1 N–H and O–H groups in total. The number of fused-ring (bicyclic) bond motifs is 1. The van der Waals surface area contributed by atoms with Gasteiger partial charge in [0.2, 0.25) is 0 Å². The summed E-state index contributed by atoms with van der Waals surface area (Å²) in [6.45, 7) is 2.11. The van der Waals surface area contributed by atoms with Crippen LogP contribution in [0.5, 0.6) is 0 Å². The van der Waals surface area contributed by atoms with Crippen molar-refractivity contribution in [1.82, 2.24) is 0 Å². The van der Waals surface area contributed by atoms with E-state index in [4.69, 9.17) is 4.74 Å². The van der Waals surface area contributed by atoms with Crippen LogP contribution in [0, 0.1) is 5.82 Å². The first-order valence-electron chi connectivity index (χ1n) is 5.99. The van der Waals surface area contributed by atoms with Gasteiger partial charge in [-0.15, -0.1) is 0 Å². The molecule has 0 fully saturated rings. The first-order valence-corrected chi connectivity index (χ1v) is 5.99. The molecule has 0 bridgehead atoms. The molecule has 18 heavy (non-hydrogen) atoms. The standard InChI is InChI=1S/C15H14FNO/c16-14-4-1-11(2-5-14)8-17-15-6-3-12-9-18-10-13(12)7-15/h1-7,17H,8-10H2. The van der Waals surface area contributed by atoms with E-state index in [1.54, 1.807) is 12.1 Å². The number of rotatable bonds is 3. The lowest BCUT2D eigenvalue weighted by molar-refractivity contribution is 0.134. The predicted octanol–water partition coefficient (Wildman–Crippen LogP) is 3.47. The Morgan fingerprint density at radius 1 is 1.00 bits per heavy atom. The molecule has 0 spiro atoms. The largest absolute Gasteiger partial charge is 0.381 e. The van der Waals surface area contributed by atoms with Crippen molar-refractivity contribution >= 4 is 5.69 Å². The van der Waals surface area contributed by atoms with Gasteiger partial charge in [0.25, 0.3) is 0 Å². The zero-order valence-corrected chi connectivity index (χ0v) is 9.95. The van der Waals surface area contributed by atoms with Crippen molar-refractivity contribution in [3.8, 4) is 0 Å². The van der Waals surface area contributed by atoms with Gasteiger partial charge in [-0.3, -0.25) is 0 Å². The van der Waals surface area contributed by atoms with E-state index in [0.29, 0.717) is 19.8 Å². The molecule has 0 saturated carbocycles. The van der Waals surface area contributed by atoms with Crippen molar-refractivity contribution in [2.75, 3.05) is 5.32 Å². The summed E-state index contributed by atoms with van der Waals surface area (Å²) in [5.74, 6) is -0.201. The van der Waals surface area contributed by atoms with E-state index in [9.17, 15) is 4.39 Å². The van der Waals surface area contributed by atoms with E-state index in [1.165, 1.54) is 23.3 Å². The summed E-state index contributed by atoms with van der Waals surface area (Å²) in [6, 6.07) is 12.8. The molecule has 0 saturated heterocycles. The highest BCUT2D eigenvalue weighted by molar-refractivity contribution is 5.49. The zero-order chi connectivity index (χ0) is 12.4. The van der Waals surface area contributed by atoms with Gasteiger partial charge in [-0.05, 0) is 41.0 Å². The molecule has 0 unspecified atom stereocenters. The molecule has 3 heteroatoms. The first-order chi connectivity index (χ1) is 8.81. The predicted molar refractivity (Wildman–Crippen MR) is 68.7 cm³/mol. The van der Waals surface area contributed by atoms with Crippen LogP contribution in [0.1, 0.15) is 16.7 Å². The topological polar surface area (TPSA) is 21.3 Å². The van der Waals surface area contributed by atoms with Gasteiger partial charge in [-0.1, -0.05) is 18.2 Å². The molecule has 2 aromatic rings. The molecule has 0 aromatic heterocycles. The van der Waals surface area contributed by atoms with Gasteiger partial charge in [0.05, 0.1) is 13.2 Å². The molecule has 0 atom stereocenters. The Hall–Kier alpha value is -1.87. The van der Waals surface area contributed by atoms with Gasteiger partial charge in [0, 0.05) is 12.2 Å². The number of ether oxygens (including phenoxy) is 1. The Balaban J connectivity index is 1.68. The fourth-order valence-electron chi connectivity index (χ4n) is 2.09. The third kappa shape index (κ3) is 2.36. The fraction of sp³-hybridized carbons (Fsp3) is 0.200. The van der Waals surface area contributed by atoms with Gasteiger partial charge < -0.3 is 10.1 Å². The van der Waals surface area contributed by atoms with E-state index < -0.39 is 0 Å². The highest BCUT2D eigenvalue weighted by Gasteiger charge is 2.10. The van der Waals surface area contributed by atoms with Crippen LogP contribution < -0.4 is 5.32 Å². The number of benzene rings is 2. The summed E-state index contributed by atoms with van der Waals surface area (Å²) >= 11 is 0. The molecule has 0 amide bonds. The third-order valence-electron chi connectivity index (χ3n) is 3.13. The van der Waals surface area contributed by atoms with Crippen molar-refractivity contribution in [2.45, 2.75) is 19.8 Å². The molecule has 2 aromatic carbocycles. The molecule has 1 aliphatic rings. The second-order valence-electron chi connectivity index (χ2n) is 4.46. The minimum absolute atomic E-state index is 0.201. The van der Waals surface area contributed by atoms with Crippen LogP contribution in [0.15, 0.2) is 42.5 Å². The maximum Gasteiger partial charge on any atom is 0.123 e. The fourth-order valence-corrected chi connectivity index (χ4v) is 2.09. The summed E-state index contributed by atoms with van der Waals surface area (Å²) in [5.41, 5.74) is 4.65. The first kappa shape index (κ1) is 11.2. The Labute approximate surface area is 105 Å². The van der Waals surface area contributed by atoms with E-state index in [0.717, 1.165) is 11.3 Å². The zero-order valence-electron chi connectivity index (χ0n) is 9.95. The summed E-state index contributed by atoms with van der Waals surface area (Å²) in [4.78, 5) is 0. The molecule has 1 aliphatic heterocycles. The highest BCUT2D eigenvalue weighted by atomic mass is 19.1. The second-order valence-corrected chi connectivity index (χ2v) is 4.46. The smallest absolute Gasteiger partial charge is 0.123 e. The van der Waals surface area contributed by atoms with Crippen molar-refractivity contribution in [3.63, 3.8) is 0 Å². The minimum Gasteiger partial charge on any atom is -0.381 e. The van der Waals surface area contributed by atoms with Gasteiger partial charge in [0.1, 0.15) is 5.82 Å². The normalized spacial score (nSPS) is 13.4. The lowest BCUT2D eigenvalue weighted by Gasteiger charge is -2.08. The SMILES string of the molecule is Fc1ccc(CNc2ccc3c(c2)COC3)cc1. The molecule has 0 radical (unpaired) electrons. The lowest BCUT2D eigenvalue weighted by atomic mass is 10.1. The molecular weight excluding hydrogens is 229 g/mol. The maximum atomic E-state index is 12.8. The average molecular weight is 243 g/mol. The molecule has 92 valence electrons. The Morgan fingerprint density at radius 3 is 2.61 bits per heavy atom. The number of nitrogens with one attached hydrogen (secondary N) is 1. The van der Waals surface area contributed by atoms with E-state index in [1.807, 2.05) is 0 Å². The number of anilines is 1. The monoisotopic (exact) mass is 243 g/mol. The summed E-state index contributed by atoms with van der Waals surface area (Å²) in [5, 5.41) is 3.33. The number of halogens is 1. The number of hydrogen-bond donors (Lipinski definition) is 1. The molecule has 0 aliphatic carbocycles. The summed E-state index contributed by atoms with van der Waals surface area (Å²) < 4.78 is 18.1. The van der Waals surface area contributed by atoms with Gasteiger partial charge in [-0.2, -0.15) is 0 Å². The quantitative estimate of drug-likeness (QED) is 0.891. The maximum absolute atomic E-state index is 12.8. The second kappa shape index (κ2) is 4.78.